The van der Waals surface area contributed by atoms with Crippen molar-refractivity contribution >= 4 is 15.9 Å². The maximum absolute atomic E-state index is 3.69. The molecule has 0 saturated heterocycles. The smallest absolute Gasteiger partial charge is 0.0207 e. The van der Waals surface area contributed by atoms with Gasteiger partial charge < -0.3 is 5.32 Å². The van der Waals surface area contributed by atoms with Crippen molar-refractivity contribution in [2.75, 3.05) is 13.6 Å². The summed E-state index contributed by atoms with van der Waals surface area (Å²) in [7, 11) is 2.09. The molecule has 1 aromatic carbocycles. The Hall–Kier alpha value is -0.340. The van der Waals surface area contributed by atoms with E-state index in [2.05, 4.69) is 52.6 Å². The Bertz CT molecular complexity index is 369. The third kappa shape index (κ3) is 4.61. The summed E-state index contributed by atoms with van der Waals surface area (Å²) < 4.78 is 1.27. The van der Waals surface area contributed by atoms with Crippen molar-refractivity contribution in [1.29, 1.82) is 0 Å². The second-order valence-electron chi connectivity index (χ2n) is 5.86. The van der Waals surface area contributed by atoms with E-state index in [1.165, 1.54) is 55.0 Å². The van der Waals surface area contributed by atoms with Gasteiger partial charge in [-0.25, -0.2) is 0 Å². The van der Waals surface area contributed by atoms with E-state index in [9.17, 15) is 0 Å². The van der Waals surface area contributed by atoms with Crippen LogP contribution in [-0.2, 0) is 6.42 Å². The first kappa shape index (κ1) is 15.1. The Morgan fingerprint density at radius 2 is 1.84 bits per heavy atom. The Morgan fingerprint density at radius 3 is 2.47 bits per heavy atom. The lowest BCUT2D eigenvalue weighted by atomic mass is 9.82. The van der Waals surface area contributed by atoms with Crippen LogP contribution < -0.4 is 5.32 Å². The Morgan fingerprint density at radius 1 is 1.16 bits per heavy atom. The molecular weight excluding hydrogens is 298 g/mol. The fourth-order valence-electron chi connectivity index (χ4n) is 3.40. The summed E-state index contributed by atoms with van der Waals surface area (Å²) in [6, 6.07) is 8.69. The van der Waals surface area contributed by atoms with Crippen molar-refractivity contribution in [2.45, 2.75) is 44.9 Å². The van der Waals surface area contributed by atoms with Gasteiger partial charge in [0.25, 0.3) is 0 Å². The fraction of sp³-hybridized carbons (Fsp3) is 0.647. The van der Waals surface area contributed by atoms with Gasteiger partial charge in [0.2, 0.25) is 0 Å². The minimum absolute atomic E-state index is 0.779. The van der Waals surface area contributed by atoms with Gasteiger partial charge >= 0.3 is 0 Å². The third-order valence-electron chi connectivity index (χ3n) is 4.47. The predicted molar refractivity (Wildman–Crippen MR) is 86.5 cm³/mol. The van der Waals surface area contributed by atoms with Crippen molar-refractivity contribution in [3.8, 4) is 0 Å². The molecule has 1 aromatic rings. The zero-order valence-electron chi connectivity index (χ0n) is 12.0. The van der Waals surface area contributed by atoms with Crippen LogP contribution in [0.4, 0.5) is 0 Å². The first-order valence-electron chi connectivity index (χ1n) is 7.69. The standard InChI is InChI=1S/C17H26BrN/c1-19-13-16(14-8-4-2-3-5-9-14)12-15-10-6-7-11-17(15)18/h6-7,10-11,14,16,19H,2-5,8-9,12-13H2,1H3. The summed E-state index contributed by atoms with van der Waals surface area (Å²) in [6.07, 6.45) is 9.80. The molecular formula is C17H26BrN. The largest absolute Gasteiger partial charge is 0.319 e. The summed E-state index contributed by atoms with van der Waals surface area (Å²) in [5.74, 6) is 1.68. The van der Waals surface area contributed by atoms with Gasteiger partial charge in [-0.2, -0.15) is 0 Å². The summed E-state index contributed by atoms with van der Waals surface area (Å²) >= 11 is 3.69. The van der Waals surface area contributed by atoms with Crippen LogP contribution >= 0.6 is 15.9 Å². The zero-order chi connectivity index (χ0) is 13.5. The van der Waals surface area contributed by atoms with E-state index in [0.717, 1.165) is 18.4 Å². The second-order valence-corrected chi connectivity index (χ2v) is 6.72. The zero-order valence-corrected chi connectivity index (χ0v) is 13.6. The minimum Gasteiger partial charge on any atom is -0.319 e. The molecule has 0 aromatic heterocycles. The molecule has 1 aliphatic rings. The molecule has 0 heterocycles. The maximum atomic E-state index is 3.69. The highest BCUT2D eigenvalue weighted by Crippen LogP contribution is 2.32. The van der Waals surface area contributed by atoms with E-state index < -0.39 is 0 Å². The summed E-state index contributed by atoms with van der Waals surface area (Å²) in [5.41, 5.74) is 1.46. The quantitative estimate of drug-likeness (QED) is 0.767. The van der Waals surface area contributed by atoms with Gasteiger partial charge in [0, 0.05) is 4.47 Å². The SMILES string of the molecule is CNCC(Cc1ccccc1Br)C1CCCCCC1. The van der Waals surface area contributed by atoms with Gasteiger partial charge in [0.1, 0.15) is 0 Å². The molecule has 0 amide bonds. The molecule has 19 heavy (non-hydrogen) atoms. The van der Waals surface area contributed by atoms with Gasteiger partial charge in [-0.05, 0) is 43.5 Å². The maximum Gasteiger partial charge on any atom is 0.0207 e. The van der Waals surface area contributed by atoms with Crippen molar-refractivity contribution in [3.05, 3.63) is 34.3 Å². The lowest BCUT2D eigenvalue weighted by Crippen LogP contribution is -2.28. The van der Waals surface area contributed by atoms with Crippen LogP contribution in [0.3, 0.4) is 0 Å². The summed E-state index contributed by atoms with van der Waals surface area (Å²) in [4.78, 5) is 0. The van der Waals surface area contributed by atoms with Crippen LogP contribution in [0.1, 0.15) is 44.1 Å². The lowest BCUT2D eigenvalue weighted by Gasteiger charge is -2.26. The highest BCUT2D eigenvalue weighted by atomic mass is 79.9. The first-order chi connectivity index (χ1) is 9.31. The Labute approximate surface area is 126 Å². The normalized spacial score (nSPS) is 19.1. The molecule has 0 radical (unpaired) electrons. The number of hydrogen-bond acceptors (Lipinski definition) is 1. The molecule has 106 valence electrons. The molecule has 1 atom stereocenters. The van der Waals surface area contributed by atoms with Crippen LogP contribution in [0.25, 0.3) is 0 Å². The van der Waals surface area contributed by atoms with Crippen LogP contribution in [0.15, 0.2) is 28.7 Å². The van der Waals surface area contributed by atoms with E-state index in [4.69, 9.17) is 0 Å². The lowest BCUT2D eigenvalue weighted by molar-refractivity contribution is 0.289. The van der Waals surface area contributed by atoms with Gasteiger partial charge in [-0.3, -0.25) is 0 Å². The van der Waals surface area contributed by atoms with Gasteiger partial charge in [0.15, 0.2) is 0 Å². The van der Waals surface area contributed by atoms with Crippen LogP contribution in [0.2, 0.25) is 0 Å². The fourth-order valence-corrected chi connectivity index (χ4v) is 3.84. The molecule has 0 bridgehead atoms. The number of hydrogen-bond donors (Lipinski definition) is 1. The molecule has 0 spiro atoms. The third-order valence-corrected chi connectivity index (χ3v) is 5.25. The molecule has 2 rings (SSSR count). The van der Waals surface area contributed by atoms with Crippen molar-refractivity contribution in [1.82, 2.24) is 5.32 Å². The van der Waals surface area contributed by atoms with E-state index in [0.29, 0.717) is 0 Å². The van der Waals surface area contributed by atoms with E-state index in [1.54, 1.807) is 0 Å². The van der Waals surface area contributed by atoms with Crippen LogP contribution in [0, 0.1) is 11.8 Å². The Kier molecular flexibility index (Phi) is 6.39. The van der Waals surface area contributed by atoms with Crippen LogP contribution in [-0.4, -0.2) is 13.6 Å². The number of nitrogens with one attached hydrogen (secondary N) is 1. The van der Waals surface area contributed by atoms with Gasteiger partial charge in [-0.15, -0.1) is 0 Å². The first-order valence-corrected chi connectivity index (χ1v) is 8.48. The highest BCUT2D eigenvalue weighted by molar-refractivity contribution is 9.10. The minimum atomic E-state index is 0.779. The molecule has 1 unspecified atom stereocenters. The predicted octanol–water partition coefficient (Wildman–Crippen LogP) is 4.80. The summed E-state index contributed by atoms with van der Waals surface area (Å²) in [5, 5.41) is 3.41. The number of benzene rings is 1. The summed E-state index contributed by atoms with van der Waals surface area (Å²) in [6.45, 7) is 1.14. The molecule has 0 aliphatic heterocycles. The van der Waals surface area contributed by atoms with E-state index in [1.807, 2.05) is 0 Å². The average molecular weight is 324 g/mol. The molecule has 1 nitrogen and oxygen atoms in total. The van der Waals surface area contributed by atoms with Crippen molar-refractivity contribution < 1.29 is 0 Å². The van der Waals surface area contributed by atoms with Gasteiger partial charge in [0.05, 0.1) is 0 Å². The van der Waals surface area contributed by atoms with Crippen molar-refractivity contribution in [2.24, 2.45) is 11.8 Å². The monoisotopic (exact) mass is 323 g/mol. The Balaban J connectivity index is 2.04. The van der Waals surface area contributed by atoms with Gasteiger partial charge in [-0.1, -0.05) is 72.7 Å². The van der Waals surface area contributed by atoms with Crippen molar-refractivity contribution in [3.63, 3.8) is 0 Å². The topological polar surface area (TPSA) is 12.0 Å². The second kappa shape index (κ2) is 8.06. The van der Waals surface area contributed by atoms with Crippen LogP contribution in [0.5, 0.6) is 0 Å². The number of rotatable bonds is 5. The average Bonchev–Trinajstić information content (AvgIpc) is 2.69. The molecule has 1 saturated carbocycles. The molecule has 1 fully saturated rings. The molecule has 1 N–H and O–H groups in total. The molecule has 1 aliphatic carbocycles. The number of halogens is 1. The highest BCUT2D eigenvalue weighted by Gasteiger charge is 2.23. The molecule has 2 heteroatoms. The van der Waals surface area contributed by atoms with E-state index >= 15 is 0 Å². The van der Waals surface area contributed by atoms with E-state index in [-0.39, 0.29) is 0 Å².